The molecular formula is C17H28N2O2. The molecule has 0 amide bonds. The van der Waals surface area contributed by atoms with E-state index in [-0.39, 0.29) is 17.6 Å². The van der Waals surface area contributed by atoms with Gasteiger partial charge in [-0.25, -0.2) is 0 Å². The van der Waals surface area contributed by atoms with Gasteiger partial charge in [0, 0.05) is 11.3 Å². The van der Waals surface area contributed by atoms with Crippen molar-refractivity contribution < 1.29 is 9.32 Å². The predicted molar refractivity (Wildman–Crippen MR) is 82.1 cm³/mol. The fourth-order valence-corrected chi connectivity index (χ4v) is 3.03. The minimum absolute atomic E-state index is 0.143. The van der Waals surface area contributed by atoms with Gasteiger partial charge in [0.15, 0.2) is 5.82 Å². The van der Waals surface area contributed by atoms with Crippen LogP contribution in [0.15, 0.2) is 4.52 Å². The van der Waals surface area contributed by atoms with Crippen molar-refractivity contribution in [3.05, 3.63) is 11.7 Å². The van der Waals surface area contributed by atoms with Gasteiger partial charge in [0.25, 0.3) is 0 Å². The first kappa shape index (κ1) is 16.2. The molecule has 0 spiro atoms. The molecule has 0 N–H and O–H groups in total. The van der Waals surface area contributed by atoms with E-state index in [1.54, 1.807) is 0 Å². The second-order valence-corrected chi connectivity index (χ2v) is 7.40. The smallest absolute Gasteiger partial charge is 0.234 e. The lowest BCUT2D eigenvalue weighted by molar-refractivity contribution is -0.125. The number of aromatic nitrogens is 2. The molecule has 1 heterocycles. The quantitative estimate of drug-likeness (QED) is 0.811. The van der Waals surface area contributed by atoms with Crippen molar-refractivity contribution in [2.45, 2.75) is 78.6 Å². The number of Topliss-reactive ketones (excluding diaryl/α,β-unsaturated/α-hetero) is 1. The van der Waals surface area contributed by atoms with Crippen LogP contribution in [-0.4, -0.2) is 15.9 Å². The van der Waals surface area contributed by atoms with Crippen molar-refractivity contribution in [3.8, 4) is 0 Å². The highest BCUT2D eigenvalue weighted by Crippen LogP contribution is 2.36. The summed E-state index contributed by atoms with van der Waals surface area (Å²) in [4.78, 5) is 16.5. The molecule has 1 aromatic heterocycles. The molecule has 2 rings (SSSR count). The summed E-state index contributed by atoms with van der Waals surface area (Å²) < 4.78 is 5.28. The average Bonchev–Trinajstić information content (AvgIpc) is 2.87. The first-order valence-electron chi connectivity index (χ1n) is 8.26. The molecule has 0 atom stereocenters. The van der Waals surface area contributed by atoms with E-state index >= 15 is 0 Å². The number of nitrogens with zero attached hydrogens (tertiary/aromatic N) is 2. The summed E-state index contributed by atoms with van der Waals surface area (Å²) in [5, 5.41) is 4.11. The molecular weight excluding hydrogens is 264 g/mol. The van der Waals surface area contributed by atoms with Crippen LogP contribution in [-0.2, 0) is 11.2 Å². The summed E-state index contributed by atoms with van der Waals surface area (Å²) in [6, 6.07) is 0. The van der Waals surface area contributed by atoms with Gasteiger partial charge in [-0.1, -0.05) is 45.7 Å². The number of hydrogen-bond acceptors (Lipinski definition) is 4. The first-order valence-corrected chi connectivity index (χ1v) is 8.26. The van der Waals surface area contributed by atoms with Gasteiger partial charge < -0.3 is 4.52 Å². The molecule has 0 unspecified atom stereocenters. The van der Waals surface area contributed by atoms with Gasteiger partial charge >= 0.3 is 0 Å². The monoisotopic (exact) mass is 292 g/mol. The van der Waals surface area contributed by atoms with Crippen LogP contribution in [0.1, 0.15) is 83.9 Å². The molecule has 4 heteroatoms. The molecule has 0 aliphatic heterocycles. The van der Waals surface area contributed by atoms with Gasteiger partial charge in [-0.3, -0.25) is 4.79 Å². The lowest BCUT2D eigenvalue weighted by Crippen LogP contribution is -2.22. The van der Waals surface area contributed by atoms with Gasteiger partial charge in [0.1, 0.15) is 5.78 Å². The molecule has 0 saturated heterocycles. The molecule has 0 bridgehead atoms. The van der Waals surface area contributed by atoms with E-state index in [2.05, 4.69) is 17.1 Å². The van der Waals surface area contributed by atoms with Crippen LogP contribution in [0.4, 0.5) is 0 Å². The number of carbonyl (C=O) groups excluding carboxylic acids is 1. The molecule has 1 fully saturated rings. The topological polar surface area (TPSA) is 56.0 Å². The normalized spacial score (nSPS) is 23.2. The van der Waals surface area contributed by atoms with E-state index in [0.717, 1.165) is 24.6 Å². The van der Waals surface area contributed by atoms with E-state index in [1.165, 1.54) is 25.7 Å². The van der Waals surface area contributed by atoms with Crippen molar-refractivity contribution in [1.29, 1.82) is 0 Å². The molecule has 1 aromatic rings. The number of ketones is 1. The minimum atomic E-state index is -0.354. The Bertz CT molecular complexity index is 465. The Kier molecular flexibility index (Phi) is 5.17. The zero-order valence-electron chi connectivity index (χ0n) is 13.8. The zero-order chi connectivity index (χ0) is 15.5. The van der Waals surface area contributed by atoms with Crippen LogP contribution < -0.4 is 0 Å². The Hall–Kier alpha value is -1.19. The molecule has 4 nitrogen and oxygen atoms in total. The second kappa shape index (κ2) is 6.71. The Labute approximate surface area is 127 Å². The summed E-state index contributed by atoms with van der Waals surface area (Å²) in [6.45, 7) is 8.01. The lowest BCUT2D eigenvalue weighted by Gasteiger charge is -2.26. The van der Waals surface area contributed by atoms with E-state index in [4.69, 9.17) is 4.52 Å². The van der Waals surface area contributed by atoms with Gasteiger partial charge in [0.05, 0.1) is 6.42 Å². The fraction of sp³-hybridized carbons (Fsp3) is 0.824. The van der Waals surface area contributed by atoms with E-state index < -0.39 is 0 Å². The molecule has 118 valence electrons. The zero-order valence-corrected chi connectivity index (χ0v) is 13.8. The van der Waals surface area contributed by atoms with Gasteiger partial charge in [0.2, 0.25) is 5.89 Å². The van der Waals surface area contributed by atoms with Crippen molar-refractivity contribution in [2.75, 3.05) is 0 Å². The van der Waals surface area contributed by atoms with Gasteiger partial charge in [-0.05, 0) is 31.6 Å². The minimum Gasteiger partial charge on any atom is -0.339 e. The van der Waals surface area contributed by atoms with E-state index in [1.807, 2.05) is 20.8 Å². The van der Waals surface area contributed by atoms with Crippen molar-refractivity contribution in [3.63, 3.8) is 0 Å². The highest BCUT2D eigenvalue weighted by Gasteiger charge is 2.27. The average molecular weight is 292 g/mol. The summed E-state index contributed by atoms with van der Waals surface area (Å²) in [5.74, 6) is 2.71. The maximum Gasteiger partial charge on any atom is 0.234 e. The van der Waals surface area contributed by atoms with Crippen LogP contribution in [0.25, 0.3) is 0 Å². The van der Waals surface area contributed by atoms with Crippen molar-refractivity contribution >= 4 is 5.78 Å². The third kappa shape index (κ3) is 4.39. The summed E-state index contributed by atoms with van der Waals surface area (Å²) in [6.07, 6.45) is 7.70. The highest BCUT2D eigenvalue weighted by molar-refractivity contribution is 5.84. The van der Waals surface area contributed by atoms with Crippen molar-refractivity contribution in [2.24, 2.45) is 11.3 Å². The molecule has 0 radical (unpaired) electrons. The molecule has 0 aromatic carbocycles. The molecule has 1 aliphatic rings. The van der Waals surface area contributed by atoms with E-state index in [0.29, 0.717) is 11.8 Å². The Morgan fingerprint density at radius 3 is 2.48 bits per heavy atom. The van der Waals surface area contributed by atoms with E-state index in [9.17, 15) is 4.79 Å². The third-order valence-corrected chi connectivity index (χ3v) is 4.54. The highest BCUT2D eigenvalue weighted by atomic mass is 16.5. The number of rotatable bonds is 5. The molecule has 1 saturated carbocycles. The van der Waals surface area contributed by atoms with Crippen LogP contribution in [0, 0.1) is 11.3 Å². The SMILES string of the molecule is CCCC1CCC(c2noc(CC(=O)C(C)(C)C)n2)CC1. The summed E-state index contributed by atoms with van der Waals surface area (Å²) >= 11 is 0. The fourth-order valence-electron chi connectivity index (χ4n) is 3.03. The lowest BCUT2D eigenvalue weighted by atomic mass is 9.80. The molecule has 1 aliphatic carbocycles. The summed E-state index contributed by atoms with van der Waals surface area (Å²) in [7, 11) is 0. The van der Waals surface area contributed by atoms with Crippen molar-refractivity contribution in [1.82, 2.24) is 10.1 Å². The standard InChI is InChI=1S/C17H28N2O2/c1-5-6-12-7-9-13(10-8-12)16-18-15(21-19-16)11-14(20)17(2,3)4/h12-13H,5-11H2,1-4H3. The summed E-state index contributed by atoms with van der Waals surface area (Å²) in [5.41, 5.74) is -0.354. The molecule has 21 heavy (non-hydrogen) atoms. The Balaban J connectivity index is 1.90. The Morgan fingerprint density at radius 1 is 1.24 bits per heavy atom. The van der Waals surface area contributed by atoms with Crippen LogP contribution in [0.3, 0.4) is 0 Å². The second-order valence-electron chi connectivity index (χ2n) is 7.40. The third-order valence-electron chi connectivity index (χ3n) is 4.54. The predicted octanol–water partition coefficient (Wildman–Crippen LogP) is 4.30. The number of carbonyl (C=O) groups is 1. The first-order chi connectivity index (χ1) is 9.90. The largest absolute Gasteiger partial charge is 0.339 e. The van der Waals surface area contributed by atoms with Gasteiger partial charge in [-0.2, -0.15) is 4.98 Å². The van der Waals surface area contributed by atoms with Gasteiger partial charge in [-0.15, -0.1) is 0 Å². The van der Waals surface area contributed by atoms with Crippen LogP contribution in [0.5, 0.6) is 0 Å². The Morgan fingerprint density at radius 2 is 1.90 bits per heavy atom. The van der Waals surface area contributed by atoms with Crippen LogP contribution >= 0.6 is 0 Å². The maximum absolute atomic E-state index is 12.0. The maximum atomic E-state index is 12.0. The van der Waals surface area contributed by atoms with Crippen LogP contribution in [0.2, 0.25) is 0 Å². The number of hydrogen-bond donors (Lipinski definition) is 0.